The fourth-order valence-corrected chi connectivity index (χ4v) is 3.30. The van der Waals surface area contributed by atoms with Gasteiger partial charge in [-0.1, -0.05) is 90.9 Å². The number of rotatable bonds is 17. The van der Waals surface area contributed by atoms with E-state index in [9.17, 15) is 4.79 Å². The predicted octanol–water partition coefficient (Wildman–Crippen LogP) is 3.87. The maximum Gasteiger partial charge on any atom is 0.313 e. The second-order valence-corrected chi connectivity index (χ2v) is 8.15. The molecule has 152 valence electrons. The van der Waals surface area contributed by atoms with E-state index in [1.54, 1.807) is 0 Å². The van der Waals surface area contributed by atoms with E-state index in [1.807, 2.05) is 0 Å². The molecule has 2 nitrogen and oxygen atoms in total. The molecule has 0 saturated carbocycles. The third kappa shape index (κ3) is 17.1. The molecule has 0 aliphatic carbocycles. The Morgan fingerprint density at radius 3 is 1.40 bits per heavy atom. The van der Waals surface area contributed by atoms with Crippen molar-refractivity contribution in [2.24, 2.45) is 0 Å². The van der Waals surface area contributed by atoms with E-state index in [4.69, 9.17) is 0 Å². The van der Waals surface area contributed by atoms with Crippen molar-refractivity contribution in [3.63, 3.8) is 0 Å². The molecular formula is C22H46ClNO. The van der Waals surface area contributed by atoms with E-state index in [1.165, 1.54) is 89.9 Å². The van der Waals surface area contributed by atoms with Crippen LogP contribution in [0, 0.1) is 0 Å². The summed E-state index contributed by atoms with van der Waals surface area (Å²) in [6.07, 6.45) is 20.5. The summed E-state index contributed by atoms with van der Waals surface area (Å²) in [6, 6.07) is 0. The summed E-state index contributed by atoms with van der Waals surface area (Å²) in [5, 5.41) is 0. The van der Waals surface area contributed by atoms with Gasteiger partial charge in [-0.25, -0.2) is 4.79 Å². The lowest BCUT2D eigenvalue weighted by Crippen LogP contribution is -3.00. The molecule has 0 bridgehead atoms. The molecule has 0 radical (unpaired) electrons. The van der Waals surface area contributed by atoms with Crippen LogP contribution in [-0.2, 0) is 4.79 Å². The van der Waals surface area contributed by atoms with E-state index in [-0.39, 0.29) is 12.4 Å². The van der Waals surface area contributed by atoms with Crippen molar-refractivity contribution in [2.75, 3.05) is 20.6 Å². The van der Waals surface area contributed by atoms with Crippen LogP contribution in [0.3, 0.4) is 0 Å². The van der Waals surface area contributed by atoms with Crippen LogP contribution in [-0.4, -0.2) is 31.0 Å². The number of nitrogens with zero attached hydrogens (tertiary/aromatic N) is 1. The first-order valence-corrected chi connectivity index (χ1v) is 10.9. The van der Waals surface area contributed by atoms with Crippen molar-refractivity contribution in [2.45, 2.75) is 117 Å². The number of hydrogen-bond acceptors (Lipinski definition) is 1. The Hall–Kier alpha value is -0.0800. The van der Waals surface area contributed by atoms with Crippen molar-refractivity contribution in [3.05, 3.63) is 0 Å². The minimum atomic E-state index is 0. The molecule has 0 aliphatic heterocycles. The highest BCUT2D eigenvalue weighted by Gasteiger charge is 2.24. The summed E-state index contributed by atoms with van der Waals surface area (Å²) in [6.45, 7) is 5.54. The standard InChI is InChI=1S/C22H46NO.ClH/c1-5-7-9-11-13-15-17-19-21-23(3,4)22(24)20-18-16-14-12-10-8-6-2;/h5-21H2,1-4H3;1H/q+1;/p-1. The minimum Gasteiger partial charge on any atom is -1.00 e. The van der Waals surface area contributed by atoms with Gasteiger partial charge in [0.1, 0.15) is 0 Å². The van der Waals surface area contributed by atoms with Gasteiger partial charge in [-0.3, -0.25) is 4.48 Å². The molecule has 0 atom stereocenters. The van der Waals surface area contributed by atoms with Gasteiger partial charge in [0.2, 0.25) is 0 Å². The van der Waals surface area contributed by atoms with Gasteiger partial charge in [0.05, 0.1) is 27.1 Å². The average Bonchev–Trinajstić information content (AvgIpc) is 2.56. The van der Waals surface area contributed by atoms with Crippen LogP contribution >= 0.6 is 0 Å². The second kappa shape index (κ2) is 18.7. The van der Waals surface area contributed by atoms with Gasteiger partial charge in [-0.05, 0) is 19.3 Å². The maximum atomic E-state index is 12.4. The molecule has 0 rings (SSSR count). The molecule has 0 fully saturated rings. The molecule has 0 heterocycles. The van der Waals surface area contributed by atoms with Crippen molar-refractivity contribution >= 4 is 5.91 Å². The van der Waals surface area contributed by atoms with Crippen molar-refractivity contribution in [1.82, 2.24) is 0 Å². The van der Waals surface area contributed by atoms with Crippen LogP contribution < -0.4 is 12.4 Å². The highest BCUT2D eigenvalue weighted by Crippen LogP contribution is 2.14. The number of carbonyl (C=O) groups excluding carboxylic acids is 1. The zero-order chi connectivity index (χ0) is 18.1. The van der Waals surface area contributed by atoms with Gasteiger partial charge in [0.25, 0.3) is 0 Å². The van der Waals surface area contributed by atoms with Gasteiger partial charge in [0, 0.05) is 0 Å². The number of unbranched alkanes of at least 4 members (excludes halogenated alkanes) is 13. The first kappa shape index (κ1) is 27.1. The molecule has 0 aromatic heterocycles. The molecule has 0 aromatic rings. The molecule has 0 aromatic carbocycles. The van der Waals surface area contributed by atoms with Crippen LogP contribution in [0.2, 0.25) is 0 Å². The van der Waals surface area contributed by atoms with Gasteiger partial charge in [0.15, 0.2) is 0 Å². The van der Waals surface area contributed by atoms with Crippen LogP contribution in [0.5, 0.6) is 0 Å². The van der Waals surface area contributed by atoms with E-state index in [2.05, 4.69) is 27.9 Å². The predicted molar refractivity (Wildman–Crippen MR) is 107 cm³/mol. The largest absolute Gasteiger partial charge is 1.00 e. The Kier molecular flexibility index (Phi) is 20.3. The third-order valence-electron chi connectivity index (χ3n) is 5.24. The zero-order valence-corrected chi connectivity index (χ0v) is 18.5. The molecule has 25 heavy (non-hydrogen) atoms. The molecule has 0 spiro atoms. The van der Waals surface area contributed by atoms with E-state index < -0.39 is 0 Å². The van der Waals surface area contributed by atoms with E-state index in [0.29, 0.717) is 10.4 Å². The zero-order valence-electron chi connectivity index (χ0n) is 17.8. The summed E-state index contributed by atoms with van der Waals surface area (Å²) in [5.74, 6) is 0.437. The molecule has 0 N–H and O–H groups in total. The van der Waals surface area contributed by atoms with Crippen molar-refractivity contribution < 1.29 is 21.7 Å². The van der Waals surface area contributed by atoms with Gasteiger partial charge >= 0.3 is 5.91 Å². The topological polar surface area (TPSA) is 17.1 Å². The van der Waals surface area contributed by atoms with Gasteiger partial charge in [-0.2, -0.15) is 0 Å². The summed E-state index contributed by atoms with van der Waals surface area (Å²) >= 11 is 0. The highest BCUT2D eigenvalue weighted by molar-refractivity contribution is 5.68. The number of quaternary nitrogens is 1. The summed E-state index contributed by atoms with van der Waals surface area (Å²) in [7, 11) is 4.20. The third-order valence-corrected chi connectivity index (χ3v) is 5.24. The first-order chi connectivity index (χ1) is 11.5. The molecule has 1 amide bonds. The molecular weight excluding hydrogens is 330 g/mol. The summed E-state index contributed by atoms with van der Waals surface area (Å²) in [5.41, 5.74) is 0. The second-order valence-electron chi connectivity index (χ2n) is 8.15. The molecule has 0 aliphatic rings. The fourth-order valence-electron chi connectivity index (χ4n) is 3.30. The quantitative estimate of drug-likeness (QED) is 0.278. The van der Waals surface area contributed by atoms with Crippen LogP contribution in [0.4, 0.5) is 0 Å². The highest BCUT2D eigenvalue weighted by atomic mass is 35.5. The average molecular weight is 376 g/mol. The van der Waals surface area contributed by atoms with E-state index in [0.717, 1.165) is 19.4 Å². The number of amides is 1. The Morgan fingerprint density at radius 1 is 0.600 bits per heavy atom. The normalized spacial score (nSPS) is 11.4. The number of hydrogen-bond donors (Lipinski definition) is 0. The lowest BCUT2D eigenvalue weighted by molar-refractivity contribution is -0.814. The van der Waals surface area contributed by atoms with Gasteiger partial charge in [-0.15, -0.1) is 0 Å². The van der Waals surface area contributed by atoms with E-state index >= 15 is 0 Å². The monoisotopic (exact) mass is 375 g/mol. The molecule has 0 unspecified atom stereocenters. The van der Waals surface area contributed by atoms with Gasteiger partial charge < -0.3 is 12.4 Å². The number of carbonyl (C=O) groups is 1. The smallest absolute Gasteiger partial charge is 0.313 e. The summed E-state index contributed by atoms with van der Waals surface area (Å²) < 4.78 is 0.589. The number of halogens is 1. The van der Waals surface area contributed by atoms with Crippen molar-refractivity contribution in [3.8, 4) is 0 Å². The fraction of sp³-hybridized carbons (Fsp3) is 0.955. The van der Waals surface area contributed by atoms with Crippen LogP contribution in [0.15, 0.2) is 0 Å². The lowest BCUT2D eigenvalue weighted by atomic mass is 10.1. The Morgan fingerprint density at radius 2 is 0.960 bits per heavy atom. The SMILES string of the molecule is CCCCCCCCCC[N+](C)(C)C(=O)CCCCCCCCC.[Cl-]. The minimum absolute atomic E-state index is 0. The Labute approximate surface area is 165 Å². The van der Waals surface area contributed by atoms with Crippen LogP contribution in [0.25, 0.3) is 0 Å². The van der Waals surface area contributed by atoms with Crippen molar-refractivity contribution in [1.29, 1.82) is 0 Å². The summed E-state index contributed by atoms with van der Waals surface area (Å²) in [4.78, 5) is 12.4. The Bertz CT molecular complexity index is 292. The first-order valence-electron chi connectivity index (χ1n) is 10.9. The molecule has 0 saturated heterocycles. The Balaban J connectivity index is 0. The maximum absolute atomic E-state index is 12.4. The van der Waals surface area contributed by atoms with Crippen LogP contribution in [0.1, 0.15) is 117 Å². The molecule has 3 heteroatoms. The lowest BCUT2D eigenvalue weighted by Gasteiger charge is -2.27.